The van der Waals surface area contributed by atoms with Gasteiger partial charge in [0.1, 0.15) is 0 Å². The summed E-state index contributed by atoms with van der Waals surface area (Å²) in [4.78, 5) is 27.9. The predicted molar refractivity (Wildman–Crippen MR) is 99.1 cm³/mol. The third-order valence-corrected chi connectivity index (χ3v) is 4.48. The molecule has 138 valence electrons. The molecule has 1 aliphatic heterocycles. The maximum atomic E-state index is 12.1. The van der Waals surface area contributed by atoms with Crippen LogP contribution in [0.5, 0.6) is 0 Å². The molecule has 1 aromatic carbocycles. The molecule has 1 saturated heterocycles. The van der Waals surface area contributed by atoms with Crippen LogP contribution in [0.25, 0.3) is 0 Å². The number of aryl methyl sites for hydroxylation is 1. The fourth-order valence-electron chi connectivity index (χ4n) is 2.85. The quantitative estimate of drug-likeness (QED) is 0.798. The lowest BCUT2D eigenvalue weighted by atomic mass is 10.1. The average molecular weight is 368 g/mol. The Labute approximate surface area is 154 Å². The van der Waals surface area contributed by atoms with Crippen molar-refractivity contribution in [3.8, 4) is 0 Å². The first-order valence-electron chi connectivity index (χ1n) is 8.58. The normalized spacial score (nSPS) is 15.0. The lowest BCUT2D eigenvalue weighted by molar-refractivity contribution is -0.121. The van der Waals surface area contributed by atoms with Crippen LogP contribution in [-0.4, -0.2) is 62.7 Å². The summed E-state index contributed by atoms with van der Waals surface area (Å²) in [6.07, 6.45) is 0.269. The molecule has 0 unspecified atom stereocenters. The zero-order chi connectivity index (χ0) is 18.2. The summed E-state index contributed by atoms with van der Waals surface area (Å²) in [6.45, 7) is 8.50. The van der Waals surface area contributed by atoms with Crippen molar-refractivity contribution >= 4 is 29.1 Å². The topological polar surface area (TPSA) is 61.9 Å². The van der Waals surface area contributed by atoms with E-state index in [1.807, 2.05) is 19.1 Å². The fraction of sp³-hybridized carbons (Fsp3) is 0.556. The molecule has 25 heavy (non-hydrogen) atoms. The summed E-state index contributed by atoms with van der Waals surface area (Å²) >= 11 is 5.97. The Bertz CT molecular complexity index is 603. The van der Waals surface area contributed by atoms with Gasteiger partial charge in [0.15, 0.2) is 0 Å². The molecule has 0 aliphatic carbocycles. The van der Waals surface area contributed by atoms with Crippen molar-refractivity contribution in [1.82, 2.24) is 10.2 Å². The smallest absolute Gasteiger partial charge is 0.223 e. The third-order valence-electron chi connectivity index (χ3n) is 4.25. The van der Waals surface area contributed by atoms with Gasteiger partial charge in [0.25, 0.3) is 0 Å². The predicted octanol–water partition coefficient (Wildman–Crippen LogP) is 1.84. The van der Waals surface area contributed by atoms with Gasteiger partial charge in [-0.25, -0.2) is 0 Å². The van der Waals surface area contributed by atoms with Crippen molar-refractivity contribution in [1.29, 1.82) is 0 Å². The van der Waals surface area contributed by atoms with Gasteiger partial charge in [-0.15, -0.1) is 0 Å². The van der Waals surface area contributed by atoms with E-state index in [0.717, 1.165) is 44.1 Å². The van der Waals surface area contributed by atoms with Crippen LogP contribution in [-0.2, 0) is 14.3 Å². The van der Waals surface area contributed by atoms with Gasteiger partial charge < -0.3 is 15.0 Å². The van der Waals surface area contributed by atoms with E-state index in [0.29, 0.717) is 18.1 Å². The Kier molecular flexibility index (Phi) is 7.68. The SMILES string of the molecule is CC(=O)N(CCC(=O)NCCN1CCOCC1)c1ccc(Cl)cc1C. The molecule has 1 heterocycles. The zero-order valence-corrected chi connectivity index (χ0v) is 15.6. The van der Waals surface area contributed by atoms with Crippen LogP contribution in [0.2, 0.25) is 5.02 Å². The summed E-state index contributed by atoms with van der Waals surface area (Å²) in [5, 5.41) is 3.55. The van der Waals surface area contributed by atoms with E-state index >= 15 is 0 Å². The molecule has 1 aromatic rings. The Morgan fingerprint density at radius 3 is 2.68 bits per heavy atom. The van der Waals surface area contributed by atoms with E-state index in [1.54, 1.807) is 11.0 Å². The number of hydrogen-bond acceptors (Lipinski definition) is 4. The van der Waals surface area contributed by atoms with Gasteiger partial charge in [-0.2, -0.15) is 0 Å². The van der Waals surface area contributed by atoms with Gasteiger partial charge in [-0.1, -0.05) is 11.6 Å². The van der Waals surface area contributed by atoms with E-state index < -0.39 is 0 Å². The maximum Gasteiger partial charge on any atom is 0.223 e. The minimum atomic E-state index is -0.0912. The zero-order valence-electron chi connectivity index (χ0n) is 14.9. The summed E-state index contributed by atoms with van der Waals surface area (Å²) in [6, 6.07) is 5.38. The summed E-state index contributed by atoms with van der Waals surface area (Å²) < 4.78 is 5.30. The Balaban J connectivity index is 1.80. The second-order valence-corrected chi connectivity index (χ2v) is 6.59. The number of amides is 2. The molecule has 6 nitrogen and oxygen atoms in total. The van der Waals surface area contributed by atoms with Crippen molar-refractivity contribution in [3.05, 3.63) is 28.8 Å². The molecule has 0 atom stereocenters. The molecule has 7 heteroatoms. The van der Waals surface area contributed by atoms with Gasteiger partial charge in [-0.3, -0.25) is 14.5 Å². The maximum absolute atomic E-state index is 12.1. The van der Waals surface area contributed by atoms with Gasteiger partial charge in [0, 0.05) is 56.8 Å². The molecule has 0 spiro atoms. The number of benzene rings is 1. The molecule has 0 radical (unpaired) electrons. The monoisotopic (exact) mass is 367 g/mol. The highest BCUT2D eigenvalue weighted by Crippen LogP contribution is 2.24. The number of halogens is 1. The van der Waals surface area contributed by atoms with Crippen molar-refractivity contribution in [2.45, 2.75) is 20.3 Å². The van der Waals surface area contributed by atoms with Gasteiger partial charge in [-0.05, 0) is 30.7 Å². The molecule has 1 aliphatic rings. The molecule has 0 aromatic heterocycles. The summed E-state index contributed by atoms with van der Waals surface area (Å²) in [5.41, 5.74) is 1.70. The van der Waals surface area contributed by atoms with E-state index in [1.165, 1.54) is 6.92 Å². The fourth-order valence-corrected chi connectivity index (χ4v) is 3.08. The number of anilines is 1. The Hall–Kier alpha value is -1.63. The number of rotatable bonds is 7. The van der Waals surface area contributed by atoms with E-state index in [4.69, 9.17) is 16.3 Å². The van der Waals surface area contributed by atoms with Crippen LogP contribution in [0.4, 0.5) is 5.69 Å². The Morgan fingerprint density at radius 1 is 1.32 bits per heavy atom. The molecule has 1 fully saturated rings. The van der Waals surface area contributed by atoms with Gasteiger partial charge in [0.05, 0.1) is 13.2 Å². The van der Waals surface area contributed by atoms with E-state index in [2.05, 4.69) is 10.2 Å². The Morgan fingerprint density at radius 2 is 2.04 bits per heavy atom. The van der Waals surface area contributed by atoms with E-state index in [-0.39, 0.29) is 18.2 Å². The number of nitrogens with zero attached hydrogens (tertiary/aromatic N) is 2. The average Bonchev–Trinajstić information content (AvgIpc) is 2.57. The number of nitrogens with one attached hydrogen (secondary N) is 1. The minimum Gasteiger partial charge on any atom is -0.379 e. The minimum absolute atomic E-state index is 0.0499. The van der Waals surface area contributed by atoms with Gasteiger partial charge >= 0.3 is 0 Å². The first-order chi connectivity index (χ1) is 12.0. The van der Waals surface area contributed by atoms with Crippen LogP contribution in [0, 0.1) is 6.92 Å². The molecule has 2 rings (SSSR count). The second kappa shape index (κ2) is 9.75. The molecular weight excluding hydrogens is 342 g/mol. The molecular formula is C18H26ClN3O3. The van der Waals surface area contributed by atoms with Crippen LogP contribution in [0.3, 0.4) is 0 Å². The highest BCUT2D eigenvalue weighted by molar-refractivity contribution is 6.30. The first kappa shape index (κ1) is 19.7. The van der Waals surface area contributed by atoms with Gasteiger partial charge in [0.2, 0.25) is 11.8 Å². The molecule has 0 bridgehead atoms. The number of morpholine rings is 1. The lowest BCUT2D eigenvalue weighted by Gasteiger charge is -2.26. The molecule has 0 saturated carbocycles. The van der Waals surface area contributed by atoms with Crippen LogP contribution >= 0.6 is 11.6 Å². The van der Waals surface area contributed by atoms with Crippen LogP contribution in [0.1, 0.15) is 18.9 Å². The number of carbonyl (C=O) groups is 2. The molecule has 2 amide bonds. The van der Waals surface area contributed by atoms with E-state index in [9.17, 15) is 9.59 Å². The lowest BCUT2D eigenvalue weighted by Crippen LogP contribution is -2.42. The standard InChI is InChI=1S/C18H26ClN3O3/c1-14-13-16(19)3-4-17(14)22(15(2)23)7-5-18(24)20-6-8-21-9-11-25-12-10-21/h3-4,13H,5-12H2,1-2H3,(H,20,24). The largest absolute Gasteiger partial charge is 0.379 e. The van der Waals surface area contributed by atoms with Crippen molar-refractivity contribution in [2.75, 3.05) is 50.8 Å². The van der Waals surface area contributed by atoms with Crippen molar-refractivity contribution < 1.29 is 14.3 Å². The number of hydrogen-bond donors (Lipinski definition) is 1. The highest BCUT2D eigenvalue weighted by Gasteiger charge is 2.16. The van der Waals surface area contributed by atoms with Crippen LogP contribution < -0.4 is 10.2 Å². The highest BCUT2D eigenvalue weighted by atomic mass is 35.5. The summed E-state index contributed by atoms with van der Waals surface area (Å²) in [5.74, 6) is -0.141. The van der Waals surface area contributed by atoms with Crippen molar-refractivity contribution in [3.63, 3.8) is 0 Å². The second-order valence-electron chi connectivity index (χ2n) is 6.16. The van der Waals surface area contributed by atoms with Crippen molar-refractivity contribution in [2.24, 2.45) is 0 Å². The molecule has 1 N–H and O–H groups in total. The number of ether oxygens (including phenoxy) is 1. The third kappa shape index (κ3) is 6.30. The first-order valence-corrected chi connectivity index (χ1v) is 8.96. The number of carbonyl (C=O) groups excluding carboxylic acids is 2. The van der Waals surface area contributed by atoms with Crippen LogP contribution in [0.15, 0.2) is 18.2 Å². The summed E-state index contributed by atoms with van der Waals surface area (Å²) in [7, 11) is 0.